The van der Waals surface area contributed by atoms with Crippen LogP contribution in [0.2, 0.25) is 0 Å². The van der Waals surface area contributed by atoms with Gasteiger partial charge in [-0.15, -0.1) is 5.10 Å². The minimum Gasteiger partial charge on any atom is -0.459 e. The van der Waals surface area contributed by atoms with Crippen molar-refractivity contribution in [3.8, 4) is 11.7 Å². The summed E-state index contributed by atoms with van der Waals surface area (Å²) in [7, 11) is -3.95. The fourth-order valence-corrected chi connectivity index (χ4v) is 3.30. The number of carbonyl (C=O) groups excluding carboxylic acids is 1. The van der Waals surface area contributed by atoms with Crippen molar-refractivity contribution >= 4 is 15.7 Å². The van der Waals surface area contributed by atoms with E-state index in [1.807, 2.05) is 0 Å². The zero-order valence-electron chi connectivity index (χ0n) is 11.8. The highest BCUT2D eigenvalue weighted by molar-refractivity contribution is 7.91. The first-order chi connectivity index (χ1) is 10.6. The first kappa shape index (κ1) is 14.8. The number of amides is 1. The topological polar surface area (TPSA) is 107 Å². The SMILES string of the molecule is O=C(CS(=O)(=O)c1nnc(-c2ccco2)o1)N1CCCCC1. The van der Waals surface area contributed by atoms with Gasteiger partial charge < -0.3 is 13.7 Å². The molecule has 0 atom stereocenters. The van der Waals surface area contributed by atoms with Gasteiger partial charge >= 0.3 is 5.22 Å². The average Bonchev–Trinajstić information content (AvgIpc) is 3.19. The van der Waals surface area contributed by atoms with E-state index in [-0.39, 0.29) is 11.7 Å². The van der Waals surface area contributed by atoms with Crippen LogP contribution in [0.4, 0.5) is 0 Å². The van der Waals surface area contributed by atoms with Gasteiger partial charge in [-0.05, 0) is 31.4 Å². The van der Waals surface area contributed by atoms with Gasteiger partial charge in [0.15, 0.2) is 5.76 Å². The van der Waals surface area contributed by atoms with Crippen LogP contribution in [-0.4, -0.2) is 48.3 Å². The molecule has 0 aromatic carbocycles. The third-order valence-corrected chi connectivity index (χ3v) is 4.75. The van der Waals surface area contributed by atoms with Crippen molar-refractivity contribution in [2.75, 3.05) is 18.8 Å². The molecule has 1 aliphatic heterocycles. The van der Waals surface area contributed by atoms with Crippen LogP contribution in [-0.2, 0) is 14.6 Å². The number of sulfone groups is 1. The van der Waals surface area contributed by atoms with Crippen molar-refractivity contribution in [2.45, 2.75) is 24.5 Å². The molecule has 1 aliphatic rings. The molecule has 1 fully saturated rings. The summed E-state index contributed by atoms with van der Waals surface area (Å²) in [4.78, 5) is 13.6. The summed E-state index contributed by atoms with van der Waals surface area (Å²) >= 11 is 0. The summed E-state index contributed by atoms with van der Waals surface area (Å²) in [5.41, 5.74) is 0. The maximum absolute atomic E-state index is 12.2. The van der Waals surface area contributed by atoms with E-state index in [0.717, 1.165) is 19.3 Å². The predicted molar refractivity (Wildman–Crippen MR) is 74.5 cm³/mol. The molecule has 118 valence electrons. The van der Waals surface area contributed by atoms with Gasteiger partial charge in [-0.2, -0.15) is 0 Å². The number of piperidine rings is 1. The third kappa shape index (κ3) is 3.03. The molecule has 3 rings (SSSR count). The molecule has 2 aromatic heterocycles. The Morgan fingerprint density at radius 3 is 2.68 bits per heavy atom. The molecule has 2 aromatic rings. The van der Waals surface area contributed by atoms with E-state index in [4.69, 9.17) is 8.83 Å². The average molecular weight is 325 g/mol. The van der Waals surface area contributed by atoms with Crippen molar-refractivity contribution in [2.24, 2.45) is 0 Å². The van der Waals surface area contributed by atoms with Crippen molar-refractivity contribution < 1.29 is 22.0 Å². The molecular weight excluding hydrogens is 310 g/mol. The molecule has 0 aliphatic carbocycles. The van der Waals surface area contributed by atoms with E-state index >= 15 is 0 Å². The Labute approximate surface area is 127 Å². The quantitative estimate of drug-likeness (QED) is 0.829. The molecule has 1 amide bonds. The van der Waals surface area contributed by atoms with E-state index in [1.165, 1.54) is 6.26 Å². The minimum absolute atomic E-state index is 0.0333. The molecule has 0 unspecified atom stereocenters. The first-order valence-corrected chi connectivity index (χ1v) is 8.59. The van der Waals surface area contributed by atoms with Gasteiger partial charge in [0.25, 0.3) is 5.89 Å². The Bertz CT molecular complexity index is 744. The number of nitrogens with zero attached hydrogens (tertiary/aromatic N) is 3. The molecule has 8 nitrogen and oxygen atoms in total. The summed E-state index contributed by atoms with van der Waals surface area (Å²) in [6.07, 6.45) is 4.27. The Morgan fingerprint density at radius 1 is 1.23 bits per heavy atom. The predicted octanol–water partition coefficient (Wildman–Crippen LogP) is 1.12. The second-order valence-corrected chi connectivity index (χ2v) is 6.92. The van der Waals surface area contributed by atoms with Crippen LogP contribution in [0.1, 0.15) is 19.3 Å². The van der Waals surface area contributed by atoms with Crippen molar-refractivity contribution in [3.05, 3.63) is 18.4 Å². The van der Waals surface area contributed by atoms with Crippen molar-refractivity contribution in [1.29, 1.82) is 0 Å². The Morgan fingerprint density at radius 2 is 2.00 bits per heavy atom. The van der Waals surface area contributed by atoms with Gasteiger partial charge in [0.05, 0.1) is 6.26 Å². The smallest absolute Gasteiger partial charge is 0.336 e. The number of furan rings is 1. The number of hydrogen-bond acceptors (Lipinski definition) is 7. The summed E-state index contributed by atoms with van der Waals surface area (Å²) in [6.45, 7) is 1.19. The highest BCUT2D eigenvalue weighted by atomic mass is 32.2. The van der Waals surface area contributed by atoms with Gasteiger partial charge in [-0.25, -0.2) is 8.42 Å². The second-order valence-electron chi connectivity index (χ2n) is 5.05. The molecule has 0 spiro atoms. The van der Waals surface area contributed by atoms with Crippen LogP contribution in [0, 0.1) is 0 Å². The Kier molecular flexibility index (Phi) is 3.97. The van der Waals surface area contributed by atoms with Crippen LogP contribution >= 0.6 is 0 Å². The first-order valence-electron chi connectivity index (χ1n) is 6.94. The van der Waals surface area contributed by atoms with Crippen molar-refractivity contribution in [1.82, 2.24) is 15.1 Å². The van der Waals surface area contributed by atoms with E-state index in [2.05, 4.69) is 10.2 Å². The van der Waals surface area contributed by atoms with Gasteiger partial charge in [-0.3, -0.25) is 4.79 Å². The summed E-state index contributed by atoms with van der Waals surface area (Å²) < 4.78 is 34.5. The molecule has 0 bridgehead atoms. The normalized spacial score (nSPS) is 15.9. The number of carbonyl (C=O) groups is 1. The van der Waals surface area contributed by atoms with E-state index in [1.54, 1.807) is 17.0 Å². The molecule has 1 saturated heterocycles. The number of rotatable bonds is 4. The van der Waals surface area contributed by atoms with Gasteiger partial charge in [0.2, 0.25) is 15.7 Å². The summed E-state index contributed by atoms with van der Waals surface area (Å²) in [6, 6.07) is 3.19. The fraction of sp³-hybridized carbons (Fsp3) is 0.462. The molecule has 22 heavy (non-hydrogen) atoms. The van der Waals surface area contributed by atoms with E-state index in [9.17, 15) is 13.2 Å². The van der Waals surface area contributed by atoms with Gasteiger partial charge in [0.1, 0.15) is 5.75 Å². The van der Waals surface area contributed by atoms with Crippen LogP contribution in [0.25, 0.3) is 11.7 Å². The lowest BCUT2D eigenvalue weighted by molar-refractivity contribution is -0.129. The number of likely N-dealkylation sites (tertiary alicyclic amines) is 1. The van der Waals surface area contributed by atoms with Crippen LogP contribution in [0.3, 0.4) is 0 Å². The highest BCUT2D eigenvalue weighted by Gasteiger charge is 2.29. The lowest BCUT2D eigenvalue weighted by Crippen LogP contribution is -2.39. The molecule has 3 heterocycles. The summed E-state index contributed by atoms with van der Waals surface area (Å²) in [5, 5.41) is 6.57. The summed E-state index contributed by atoms with van der Waals surface area (Å²) in [5.74, 6) is -0.852. The lowest BCUT2D eigenvalue weighted by atomic mass is 10.1. The van der Waals surface area contributed by atoms with Gasteiger partial charge in [-0.1, -0.05) is 5.10 Å². The number of hydrogen-bond donors (Lipinski definition) is 0. The molecule has 0 saturated carbocycles. The minimum atomic E-state index is -3.95. The monoisotopic (exact) mass is 325 g/mol. The van der Waals surface area contributed by atoms with E-state index < -0.39 is 26.7 Å². The molecule has 0 radical (unpaired) electrons. The third-order valence-electron chi connectivity index (χ3n) is 3.43. The fourth-order valence-electron chi connectivity index (χ4n) is 2.29. The highest BCUT2D eigenvalue weighted by Crippen LogP contribution is 2.21. The van der Waals surface area contributed by atoms with Crippen LogP contribution in [0.15, 0.2) is 32.5 Å². The largest absolute Gasteiger partial charge is 0.459 e. The Hall–Kier alpha value is -2.16. The zero-order valence-corrected chi connectivity index (χ0v) is 12.6. The second kappa shape index (κ2) is 5.91. The van der Waals surface area contributed by atoms with Crippen molar-refractivity contribution in [3.63, 3.8) is 0 Å². The maximum Gasteiger partial charge on any atom is 0.336 e. The molecule has 0 N–H and O–H groups in total. The number of aromatic nitrogens is 2. The maximum atomic E-state index is 12.2. The standard InChI is InChI=1S/C13H15N3O5S/c17-11(16-6-2-1-3-7-16)9-22(18,19)13-15-14-12(21-13)10-5-4-8-20-10/h4-5,8H,1-3,6-7,9H2. The molecular formula is C13H15N3O5S. The van der Waals surface area contributed by atoms with Crippen LogP contribution in [0.5, 0.6) is 0 Å². The van der Waals surface area contributed by atoms with Gasteiger partial charge in [0, 0.05) is 13.1 Å². The van der Waals surface area contributed by atoms with Crippen LogP contribution < -0.4 is 0 Å². The Balaban J connectivity index is 1.74. The van der Waals surface area contributed by atoms with E-state index in [0.29, 0.717) is 13.1 Å². The lowest BCUT2D eigenvalue weighted by Gasteiger charge is -2.26. The molecule has 9 heteroatoms. The zero-order chi connectivity index (χ0) is 15.6.